The molecule has 140 valence electrons. The summed E-state index contributed by atoms with van der Waals surface area (Å²) < 4.78 is 0. The van der Waals surface area contributed by atoms with Gasteiger partial charge in [-0.25, -0.2) is 0 Å². The molecule has 0 aliphatic rings. The molecule has 2 heteroatoms. The second-order valence-corrected chi connectivity index (χ2v) is 7.95. The lowest BCUT2D eigenvalue weighted by atomic mass is 9.93. The lowest BCUT2D eigenvalue weighted by Crippen LogP contribution is -1.98. The first-order chi connectivity index (χ1) is 11.3. The van der Waals surface area contributed by atoms with Crippen LogP contribution in [0.15, 0.2) is 23.8 Å². The van der Waals surface area contributed by atoms with E-state index in [4.69, 9.17) is 5.11 Å². The summed E-state index contributed by atoms with van der Waals surface area (Å²) in [5, 5.41) is 8.63. The molecule has 0 amide bonds. The highest BCUT2D eigenvalue weighted by Crippen LogP contribution is 2.19. The minimum atomic E-state index is -0.721. The van der Waals surface area contributed by atoms with Gasteiger partial charge in [0, 0.05) is 6.42 Å². The number of carboxylic acid groups (broad SMARTS) is 1. The second kappa shape index (κ2) is 14.3. The van der Waals surface area contributed by atoms with Crippen molar-refractivity contribution in [2.24, 2.45) is 17.8 Å². The predicted octanol–water partition coefficient (Wildman–Crippen LogP) is 7.01. The van der Waals surface area contributed by atoms with Crippen molar-refractivity contribution < 1.29 is 9.90 Å². The fourth-order valence-electron chi connectivity index (χ4n) is 2.92. The number of rotatable bonds is 14. The Balaban J connectivity index is 3.77. The number of carboxylic acids is 1. The molecule has 0 saturated carbocycles. The van der Waals surface area contributed by atoms with Gasteiger partial charge < -0.3 is 5.11 Å². The number of allylic oxidation sites excluding steroid dienone is 4. The van der Waals surface area contributed by atoms with Crippen LogP contribution in [0.1, 0.15) is 92.4 Å². The molecule has 2 unspecified atom stereocenters. The molecule has 0 aliphatic carbocycles. The van der Waals surface area contributed by atoms with Gasteiger partial charge in [-0.3, -0.25) is 4.79 Å². The third-order valence-electron chi connectivity index (χ3n) is 4.59. The molecule has 0 aromatic rings. The Kier molecular flexibility index (Phi) is 13.7. The van der Waals surface area contributed by atoms with E-state index in [-0.39, 0.29) is 6.42 Å². The standard InChI is InChI=1S/C22H40O2/c1-18(2)10-6-11-19(3)12-7-13-20(4)14-8-15-21(5)16-9-17-22(23)24/h8,14,16,18-20H,6-7,9-13,15,17H2,1-5H3,(H,23,24). The Labute approximate surface area is 150 Å². The molecule has 0 aromatic carbocycles. The van der Waals surface area contributed by atoms with E-state index >= 15 is 0 Å². The maximum absolute atomic E-state index is 10.5. The zero-order valence-corrected chi connectivity index (χ0v) is 16.7. The van der Waals surface area contributed by atoms with Gasteiger partial charge >= 0.3 is 5.97 Å². The SMILES string of the molecule is CC(=CCCC(=O)O)CC=CC(C)CCCC(C)CCCC(C)C. The van der Waals surface area contributed by atoms with E-state index in [0.717, 1.165) is 18.3 Å². The number of hydrogen-bond acceptors (Lipinski definition) is 1. The topological polar surface area (TPSA) is 37.3 Å². The maximum Gasteiger partial charge on any atom is 0.303 e. The van der Waals surface area contributed by atoms with Gasteiger partial charge in [-0.15, -0.1) is 0 Å². The summed E-state index contributed by atoms with van der Waals surface area (Å²) in [6.07, 6.45) is 16.5. The van der Waals surface area contributed by atoms with Crippen LogP contribution >= 0.6 is 0 Å². The highest BCUT2D eigenvalue weighted by Gasteiger charge is 2.04. The van der Waals surface area contributed by atoms with Crippen molar-refractivity contribution in [3.8, 4) is 0 Å². The fraction of sp³-hybridized carbons (Fsp3) is 0.773. The summed E-state index contributed by atoms with van der Waals surface area (Å²) in [5.41, 5.74) is 1.26. The van der Waals surface area contributed by atoms with Gasteiger partial charge in [0.05, 0.1) is 0 Å². The molecular weight excluding hydrogens is 296 g/mol. The lowest BCUT2D eigenvalue weighted by molar-refractivity contribution is -0.136. The Morgan fingerprint density at radius 2 is 1.62 bits per heavy atom. The zero-order chi connectivity index (χ0) is 18.4. The molecule has 0 rings (SSSR count). The molecule has 0 fully saturated rings. The van der Waals surface area contributed by atoms with Crippen LogP contribution < -0.4 is 0 Å². The van der Waals surface area contributed by atoms with E-state index in [1.54, 1.807) is 0 Å². The van der Waals surface area contributed by atoms with Crippen molar-refractivity contribution in [3.05, 3.63) is 23.8 Å². The van der Waals surface area contributed by atoms with Gasteiger partial charge in [-0.05, 0) is 43.9 Å². The van der Waals surface area contributed by atoms with Crippen LogP contribution in [-0.4, -0.2) is 11.1 Å². The molecule has 0 heterocycles. The molecule has 0 bridgehead atoms. The number of hydrogen-bond donors (Lipinski definition) is 1. The van der Waals surface area contributed by atoms with Crippen molar-refractivity contribution in [2.45, 2.75) is 92.4 Å². The average molecular weight is 337 g/mol. The van der Waals surface area contributed by atoms with Crippen LogP contribution in [-0.2, 0) is 4.79 Å². The first-order valence-electron chi connectivity index (χ1n) is 9.85. The molecule has 0 aromatic heterocycles. The van der Waals surface area contributed by atoms with E-state index in [1.165, 1.54) is 44.1 Å². The van der Waals surface area contributed by atoms with E-state index in [1.807, 2.05) is 6.08 Å². The van der Waals surface area contributed by atoms with E-state index in [0.29, 0.717) is 12.3 Å². The van der Waals surface area contributed by atoms with Gasteiger partial charge in [0.15, 0.2) is 0 Å². The largest absolute Gasteiger partial charge is 0.481 e. The van der Waals surface area contributed by atoms with Crippen molar-refractivity contribution in [2.75, 3.05) is 0 Å². The zero-order valence-electron chi connectivity index (χ0n) is 16.7. The van der Waals surface area contributed by atoms with Crippen molar-refractivity contribution in [3.63, 3.8) is 0 Å². The summed E-state index contributed by atoms with van der Waals surface area (Å²) in [6.45, 7) is 11.4. The molecule has 0 aliphatic heterocycles. The van der Waals surface area contributed by atoms with Crippen molar-refractivity contribution >= 4 is 5.97 Å². The van der Waals surface area contributed by atoms with Gasteiger partial charge in [0.2, 0.25) is 0 Å². The van der Waals surface area contributed by atoms with Crippen LogP contribution in [0.5, 0.6) is 0 Å². The molecule has 2 atom stereocenters. The maximum atomic E-state index is 10.5. The van der Waals surface area contributed by atoms with Crippen LogP contribution in [0, 0.1) is 17.8 Å². The van der Waals surface area contributed by atoms with E-state index in [9.17, 15) is 4.79 Å². The quantitative estimate of drug-likeness (QED) is 0.346. The summed E-state index contributed by atoms with van der Waals surface area (Å²) in [4.78, 5) is 10.5. The minimum Gasteiger partial charge on any atom is -0.481 e. The molecule has 0 spiro atoms. The smallest absolute Gasteiger partial charge is 0.303 e. The van der Waals surface area contributed by atoms with Crippen LogP contribution in [0.4, 0.5) is 0 Å². The number of carbonyl (C=O) groups is 1. The fourth-order valence-corrected chi connectivity index (χ4v) is 2.92. The molecule has 1 N–H and O–H groups in total. The third kappa shape index (κ3) is 15.8. The van der Waals surface area contributed by atoms with Crippen molar-refractivity contribution in [1.29, 1.82) is 0 Å². The van der Waals surface area contributed by atoms with Crippen LogP contribution in [0.3, 0.4) is 0 Å². The average Bonchev–Trinajstić information content (AvgIpc) is 2.46. The van der Waals surface area contributed by atoms with Crippen molar-refractivity contribution in [1.82, 2.24) is 0 Å². The molecule has 2 nitrogen and oxygen atoms in total. The van der Waals surface area contributed by atoms with Gasteiger partial charge in [-0.1, -0.05) is 83.6 Å². The molecule has 0 radical (unpaired) electrons. The summed E-state index contributed by atoms with van der Waals surface area (Å²) in [7, 11) is 0. The van der Waals surface area contributed by atoms with Gasteiger partial charge in [-0.2, -0.15) is 0 Å². The predicted molar refractivity (Wildman–Crippen MR) is 105 cm³/mol. The van der Waals surface area contributed by atoms with Crippen LogP contribution in [0.2, 0.25) is 0 Å². The highest BCUT2D eigenvalue weighted by atomic mass is 16.4. The first-order valence-corrected chi connectivity index (χ1v) is 9.85. The second-order valence-electron chi connectivity index (χ2n) is 7.95. The molecular formula is C22H40O2. The first kappa shape index (κ1) is 22.9. The monoisotopic (exact) mass is 336 g/mol. The highest BCUT2D eigenvalue weighted by molar-refractivity contribution is 5.66. The van der Waals surface area contributed by atoms with Gasteiger partial charge in [0.1, 0.15) is 0 Å². The Morgan fingerprint density at radius 3 is 2.21 bits per heavy atom. The number of aliphatic carboxylic acids is 1. The Hall–Kier alpha value is -1.05. The Bertz CT molecular complexity index is 379. The molecule has 0 saturated heterocycles. The van der Waals surface area contributed by atoms with E-state index in [2.05, 4.69) is 46.8 Å². The molecule has 24 heavy (non-hydrogen) atoms. The summed E-state index contributed by atoms with van der Waals surface area (Å²) in [5.74, 6) is 1.62. The van der Waals surface area contributed by atoms with Gasteiger partial charge in [0.25, 0.3) is 0 Å². The lowest BCUT2D eigenvalue weighted by Gasteiger charge is -2.13. The van der Waals surface area contributed by atoms with Crippen LogP contribution in [0.25, 0.3) is 0 Å². The summed E-state index contributed by atoms with van der Waals surface area (Å²) in [6, 6.07) is 0. The summed E-state index contributed by atoms with van der Waals surface area (Å²) >= 11 is 0. The van der Waals surface area contributed by atoms with E-state index < -0.39 is 5.97 Å². The Morgan fingerprint density at radius 1 is 1.00 bits per heavy atom. The normalized spacial score (nSPS) is 15.2. The minimum absolute atomic E-state index is 0.229. The third-order valence-corrected chi connectivity index (χ3v) is 4.59.